The number of rotatable bonds is 4. The zero-order chi connectivity index (χ0) is 11.3. The van der Waals surface area contributed by atoms with Gasteiger partial charge in [0.25, 0.3) is 0 Å². The number of methoxy groups -OCH3 is 1. The maximum absolute atomic E-state index is 9.39. The van der Waals surface area contributed by atoms with E-state index in [2.05, 4.69) is 25.2 Å². The predicted molar refractivity (Wildman–Crippen MR) is 60.5 cm³/mol. The molecule has 15 heavy (non-hydrogen) atoms. The molecule has 0 aromatic heterocycles. The number of nitrogens with one attached hydrogen (secondary N) is 1. The van der Waals surface area contributed by atoms with Gasteiger partial charge in [0.2, 0.25) is 0 Å². The molecule has 0 saturated heterocycles. The van der Waals surface area contributed by atoms with E-state index in [0.717, 1.165) is 25.7 Å². The lowest BCUT2D eigenvalue weighted by Crippen LogP contribution is -2.58. The minimum Gasteiger partial charge on any atom is -0.378 e. The van der Waals surface area contributed by atoms with Crippen LogP contribution in [0.4, 0.5) is 0 Å². The molecule has 0 aromatic rings. The second-order valence-corrected chi connectivity index (χ2v) is 4.51. The SMILES string of the molecule is CCC(C)NC1(C#N)CCCCC1OC. The molecule has 0 bridgehead atoms. The lowest BCUT2D eigenvalue weighted by atomic mass is 9.79. The van der Waals surface area contributed by atoms with Crippen molar-refractivity contribution in [3.63, 3.8) is 0 Å². The van der Waals surface area contributed by atoms with E-state index in [4.69, 9.17) is 4.74 Å². The molecule has 3 heteroatoms. The summed E-state index contributed by atoms with van der Waals surface area (Å²) < 4.78 is 5.46. The molecule has 3 unspecified atom stereocenters. The van der Waals surface area contributed by atoms with E-state index in [1.165, 1.54) is 6.42 Å². The highest BCUT2D eigenvalue weighted by molar-refractivity contribution is 5.14. The molecule has 3 nitrogen and oxygen atoms in total. The van der Waals surface area contributed by atoms with Crippen LogP contribution >= 0.6 is 0 Å². The fourth-order valence-corrected chi connectivity index (χ4v) is 2.33. The Balaban J connectivity index is 2.75. The van der Waals surface area contributed by atoms with Gasteiger partial charge in [-0.25, -0.2) is 0 Å². The number of hydrogen-bond donors (Lipinski definition) is 1. The summed E-state index contributed by atoms with van der Waals surface area (Å²) >= 11 is 0. The number of nitrogens with zero attached hydrogens (tertiary/aromatic N) is 1. The predicted octanol–water partition coefficient (Wildman–Crippen LogP) is 2.23. The zero-order valence-electron chi connectivity index (χ0n) is 10.0. The van der Waals surface area contributed by atoms with E-state index < -0.39 is 5.54 Å². The minimum absolute atomic E-state index is 0.0465. The van der Waals surface area contributed by atoms with Crippen molar-refractivity contribution in [1.29, 1.82) is 5.26 Å². The van der Waals surface area contributed by atoms with E-state index in [0.29, 0.717) is 6.04 Å². The van der Waals surface area contributed by atoms with Crippen molar-refractivity contribution in [2.24, 2.45) is 0 Å². The molecular weight excluding hydrogens is 188 g/mol. The molecule has 0 amide bonds. The molecule has 0 spiro atoms. The second-order valence-electron chi connectivity index (χ2n) is 4.51. The third-order valence-electron chi connectivity index (χ3n) is 3.44. The molecule has 1 saturated carbocycles. The van der Waals surface area contributed by atoms with Crippen molar-refractivity contribution in [3.8, 4) is 6.07 Å². The molecule has 1 aliphatic rings. The molecule has 0 radical (unpaired) electrons. The summed E-state index contributed by atoms with van der Waals surface area (Å²) in [7, 11) is 1.71. The Morgan fingerprint density at radius 3 is 2.87 bits per heavy atom. The summed E-state index contributed by atoms with van der Waals surface area (Å²) in [6, 6.07) is 2.82. The van der Waals surface area contributed by atoms with Crippen LogP contribution in [0.1, 0.15) is 46.0 Å². The van der Waals surface area contributed by atoms with Crippen LogP contribution in [-0.2, 0) is 4.74 Å². The largest absolute Gasteiger partial charge is 0.378 e. The average molecular weight is 210 g/mol. The van der Waals surface area contributed by atoms with Crippen LogP contribution in [0.25, 0.3) is 0 Å². The number of ether oxygens (including phenoxy) is 1. The molecule has 0 aliphatic heterocycles. The molecule has 1 rings (SSSR count). The maximum atomic E-state index is 9.39. The standard InChI is InChI=1S/C12H22N2O/c1-4-10(2)14-12(9-13)8-6-5-7-11(12)15-3/h10-11,14H,4-8H2,1-3H3. The molecule has 3 atom stereocenters. The normalized spacial score (nSPS) is 33.3. The highest BCUT2D eigenvalue weighted by Gasteiger charge is 2.41. The summed E-state index contributed by atoms with van der Waals surface area (Å²) in [5.74, 6) is 0. The van der Waals surface area contributed by atoms with Gasteiger partial charge in [-0.3, -0.25) is 5.32 Å². The van der Waals surface area contributed by atoms with Crippen molar-refractivity contribution in [2.75, 3.05) is 7.11 Å². The Morgan fingerprint density at radius 1 is 1.60 bits per heavy atom. The summed E-state index contributed by atoms with van der Waals surface area (Å²) in [5.41, 5.74) is -0.456. The Bertz CT molecular complexity index is 236. The van der Waals surface area contributed by atoms with E-state index in [-0.39, 0.29) is 6.10 Å². The third-order valence-corrected chi connectivity index (χ3v) is 3.44. The van der Waals surface area contributed by atoms with Gasteiger partial charge in [-0.15, -0.1) is 0 Å². The first kappa shape index (κ1) is 12.5. The highest BCUT2D eigenvalue weighted by atomic mass is 16.5. The summed E-state index contributed by atoms with van der Waals surface area (Å²) in [6.07, 6.45) is 5.28. The van der Waals surface area contributed by atoms with Crippen LogP contribution < -0.4 is 5.32 Å². The molecular formula is C12H22N2O. The van der Waals surface area contributed by atoms with Gasteiger partial charge < -0.3 is 4.74 Å². The van der Waals surface area contributed by atoms with Gasteiger partial charge in [-0.1, -0.05) is 19.8 Å². The molecule has 1 aliphatic carbocycles. The first-order valence-electron chi connectivity index (χ1n) is 5.90. The van der Waals surface area contributed by atoms with E-state index >= 15 is 0 Å². The van der Waals surface area contributed by atoms with Gasteiger partial charge in [0.15, 0.2) is 0 Å². The Labute approximate surface area is 92.8 Å². The van der Waals surface area contributed by atoms with Gasteiger partial charge >= 0.3 is 0 Å². The quantitative estimate of drug-likeness (QED) is 0.774. The molecule has 0 aromatic carbocycles. The van der Waals surface area contributed by atoms with Gasteiger partial charge in [-0.05, 0) is 26.2 Å². The number of nitriles is 1. The maximum Gasteiger partial charge on any atom is 0.133 e. The van der Waals surface area contributed by atoms with Crippen molar-refractivity contribution in [3.05, 3.63) is 0 Å². The molecule has 0 heterocycles. The molecule has 86 valence electrons. The van der Waals surface area contributed by atoms with Crippen molar-refractivity contribution in [2.45, 2.75) is 63.6 Å². The summed E-state index contributed by atoms with van der Waals surface area (Å²) in [5, 5.41) is 12.8. The lowest BCUT2D eigenvalue weighted by Gasteiger charge is -2.40. The zero-order valence-corrected chi connectivity index (χ0v) is 10.0. The van der Waals surface area contributed by atoms with E-state index in [9.17, 15) is 5.26 Å². The summed E-state index contributed by atoms with van der Waals surface area (Å²) in [4.78, 5) is 0. The minimum atomic E-state index is -0.456. The molecule has 1 fully saturated rings. The van der Waals surface area contributed by atoms with Gasteiger partial charge in [-0.2, -0.15) is 5.26 Å². The summed E-state index contributed by atoms with van der Waals surface area (Å²) in [6.45, 7) is 4.26. The van der Waals surface area contributed by atoms with Gasteiger partial charge in [0, 0.05) is 13.2 Å². The first-order chi connectivity index (χ1) is 7.18. The Morgan fingerprint density at radius 2 is 2.33 bits per heavy atom. The topological polar surface area (TPSA) is 45.0 Å². The van der Waals surface area contributed by atoms with Crippen LogP contribution in [0, 0.1) is 11.3 Å². The van der Waals surface area contributed by atoms with Crippen LogP contribution in [-0.4, -0.2) is 24.8 Å². The van der Waals surface area contributed by atoms with Crippen molar-refractivity contribution >= 4 is 0 Å². The Hall–Kier alpha value is -0.590. The Kier molecular flexibility index (Phi) is 4.56. The highest BCUT2D eigenvalue weighted by Crippen LogP contribution is 2.30. The van der Waals surface area contributed by atoms with Gasteiger partial charge in [0.05, 0.1) is 12.2 Å². The van der Waals surface area contributed by atoms with Crippen LogP contribution in [0.3, 0.4) is 0 Å². The van der Waals surface area contributed by atoms with E-state index in [1.54, 1.807) is 7.11 Å². The third kappa shape index (κ3) is 2.70. The average Bonchev–Trinajstić information content (AvgIpc) is 2.29. The first-order valence-corrected chi connectivity index (χ1v) is 5.90. The fraction of sp³-hybridized carbons (Fsp3) is 0.917. The van der Waals surface area contributed by atoms with Crippen LogP contribution in [0.2, 0.25) is 0 Å². The van der Waals surface area contributed by atoms with Crippen LogP contribution in [0.15, 0.2) is 0 Å². The monoisotopic (exact) mass is 210 g/mol. The second kappa shape index (κ2) is 5.48. The van der Waals surface area contributed by atoms with Crippen molar-refractivity contribution in [1.82, 2.24) is 5.32 Å². The molecule has 1 N–H and O–H groups in total. The van der Waals surface area contributed by atoms with E-state index in [1.807, 2.05) is 0 Å². The van der Waals surface area contributed by atoms with Crippen molar-refractivity contribution < 1.29 is 4.74 Å². The van der Waals surface area contributed by atoms with Crippen LogP contribution in [0.5, 0.6) is 0 Å². The lowest BCUT2D eigenvalue weighted by molar-refractivity contribution is 0.00864. The number of hydrogen-bond acceptors (Lipinski definition) is 3. The van der Waals surface area contributed by atoms with Gasteiger partial charge in [0.1, 0.15) is 5.54 Å². The fourth-order valence-electron chi connectivity index (χ4n) is 2.33. The smallest absolute Gasteiger partial charge is 0.133 e.